The lowest BCUT2D eigenvalue weighted by Crippen LogP contribution is -2.49. The Bertz CT molecular complexity index is 1130. The van der Waals surface area contributed by atoms with Crippen LogP contribution in [0.5, 0.6) is 17.2 Å². The number of anilines is 2. The number of benzene rings is 2. The molecule has 0 spiro atoms. The topological polar surface area (TPSA) is 83.8 Å². The van der Waals surface area contributed by atoms with E-state index in [9.17, 15) is 23.1 Å². The van der Waals surface area contributed by atoms with E-state index in [0.717, 1.165) is 35.3 Å². The van der Waals surface area contributed by atoms with Crippen LogP contribution in [0.2, 0.25) is 0 Å². The molecule has 5 rings (SSSR count). The maximum Gasteiger partial charge on any atom is 0.431 e. The van der Waals surface area contributed by atoms with Gasteiger partial charge in [-0.1, -0.05) is 6.92 Å². The van der Waals surface area contributed by atoms with Crippen LogP contribution < -0.4 is 24.1 Å². The van der Waals surface area contributed by atoms with Gasteiger partial charge < -0.3 is 24.2 Å². The molecule has 0 bridgehead atoms. The number of hydrogen-bond donors (Lipinski definition) is 1. The minimum atomic E-state index is -4.62. The van der Waals surface area contributed by atoms with Gasteiger partial charge in [0.1, 0.15) is 11.5 Å². The van der Waals surface area contributed by atoms with E-state index in [-0.39, 0.29) is 6.79 Å². The van der Waals surface area contributed by atoms with Crippen molar-refractivity contribution >= 4 is 23.1 Å². The molecule has 2 atom stereocenters. The number of halogens is 3. The average Bonchev–Trinajstić information content (AvgIpc) is 3.37. The maximum atomic E-state index is 13.3. The highest BCUT2D eigenvalue weighted by Crippen LogP contribution is 2.38. The molecule has 0 saturated carbocycles. The predicted molar refractivity (Wildman–Crippen MR) is 121 cm³/mol. The number of nitrogens with zero attached hydrogens (tertiary/aromatic N) is 3. The summed E-state index contributed by atoms with van der Waals surface area (Å²) in [5.41, 5.74) is 0.470. The Balaban J connectivity index is 1.18. The molecule has 0 aliphatic carbocycles. The van der Waals surface area contributed by atoms with Gasteiger partial charge in [-0.3, -0.25) is 9.80 Å². The number of hydrazone groups is 1. The Hall–Kier alpha value is -3.63. The first-order valence-corrected chi connectivity index (χ1v) is 11.2. The molecule has 0 unspecified atom stereocenters. The standard InChI is InChI=1S/C24H24F3N3O5/c1-14-19(9-22(31)32)30(28-23(14)24(25,26)27)16-2-5-18(6-3-16)33-12-15-10-29(11-15)17-4-7-20-21(8-17)35-13-34-20/h2-8,14-15,19H,9-13H2,1H3,(H,31,32)/t14-,19-/m0/s1. The van der Waals surface area contributed by atoms with Crippen LogP contribution in [0, 0.1) is 11.8 Å². The molecule has 1 fully saturated rings. The molecule has 2 aromatic rings. The van der Waals surface area contributed by atoms with E-state index in [1.54, 1.807) is 24.3 Å². The second-order valence-corrected chi connectivity index (χ2v) is 8.89. The van der Waals surface area contributed by atoms with Crippen molar-refractivity contribution in [2.75, 3.05) is 36.4 Å². The van der Waals surface area contributed by atoms with Crippen LogP contribution in [-0.2, 0) is 4.79 Å². The van der Waals surface area contributed by atoms with Gasteiger partial charge in [0.2, 0.25) is 6.79 Å². The molecule has 8 nitrogen and oxygen atoms in total. The minimum absolute atomic E-state index is 0.237. The summed E-state index contributed by atoms with van der Waals surface area (Å²) in [7, 11) is 0. The molecule has 1 saturated heterocycles. The van der Waals surface area contributed by atoms with Crippen molar-refractivity contribution in [3.05, 3.63) is 42.5 Å². The first-order valence-electron chi connectivity index (χ1n) is 11.2. The van der Waals surface area contributed by atoms with Crippen LogP contribution in [-0.4, -0.2) is 55.5 Å². The lowest BCUT2D eigenvalue weighted by Gasteiger charge is -2.40. The molecule has 3 aliphatic rings. The number of carboxylic acid groups (broad SMARTS) is 1. The first kappa shape index (κ1) is 23.1. The summed E-state index contributed by atoms with van der Waals surface area (Å²) in [5, 5.41) is 14.1. The molecule has 0 aromatic heterocycles. The molecular formula is C24H24F3N3O5. The van der Waals surface area contributed by atoms with Crippen molar-refractivity contribution in [1.29, 1.82) is 0 Å². The number of carboxylic acids is 1. The van der Waals surface area contributed by atoms with E-state index in [1.165, 1.54) is 6.92 Å². The fourth-order valence-electron chi connectivity index (χ4n) is 4.56. The van der Waals surface area contributed by atoms with Crippen LogP contribution in [0.25, 0.3) is 0 Å². The highest BCUT2D eigenvalue weighted by Gasteiger charge is 2.48. The first-order chi connectivity index (χ1) is 16.7. The zero-order valence-corrected chi connectivity index (χ0v) is 18.9. The van der Waals surface area contributed by atoms with E-state index < -0.39 is 36.2 Å². The lowest BCUT2D eigenvalue weighted by molar-refractivity contribution is -0.137. The van der Waals surface area contributed by atoms with E-state index in [1.807, 2.05) is 18.2 Å². The van der Waals surface area contributed by atoms with Gasteiger partial charge in [-0.15, -0.1) is 0 Å². The number of aliphatic carboxylic acids is 1. The molecule has 35 heavy (non-hydrogen) atoms. The number of carbonyl (C=O) groups is 1. The monoisotopic (exact) mass is 491 g/mol. The van der Waals surface area contributed by atoms with Gasteiger partial charge >= 0.3 is 12.1 Å². The van der Waals surface area contributed by atoms with E-state index in [2.05, 4.69) is 10.0 Å². The van der Waals surface area contributed by atoms with Crippen molar-refractivity contribution in [2.45, 2.75) is 25.6 Å². The van der Waals surface area contributed by atoms with Gasteiger partial charge in [-0.05, 0) is 36.4 Å². The number of fused-ring (bicyclic) bond motifs is 1. The zero-order valence-electron chi connectivity index (χ0n) is 18.9. The van der Waals surface area contributed by atoms with Crippen LogP contribution >= 0.6 is 0 Å². The highest BCUT2D eigenvalue weighted by atomic mass is 19.4. The van der Waals surface area contributed by atoms with Crippen molar-refractivity contribution in [3.8, 4) is 17.2 Å². The quantitative estimate of drug-likeness (QED) is 0.623. The Kier molecular flexibility index (Phi) is 5.86. The van der Waals surface area contributed by atoms with E-state index >= 15 is 0 Å². The molecule has 1 N–H and O–H groups in total. The molecule has 2 aromatic carbocycles. The Labute approximate surface area is 199 Å². The highest BCUT2D eigenvalue weighted by molar-refractivity contribution is 5.95. The van der Waals surface area contributed by atoms with Gasteiger partial charge in [-0.25, -0.2) is 0 Å². The Morgan fingerprint density at radius 2 is 1.80 bits per heavy atom. The fraction of sp³-hybridized carbons (Fsp3) is 0.417. The van der Waals surface area contributed by atoms with Gasteiger partial charge in [0, 0.05) is 36.7 Å². The van der Waals surface area contributed by atoms with Crippen molar-refractivity contribution in [2.24, 2.45) is 16.9 Å². The summed E-state index contributed by atoms with van der Waals surface area (Å²) in [5.74, 6) is 0.160. The molecule has 11 heteroatoms. The van der Waals surface area contributed by atoms with Crippen molar-refractivity contribution < 1.29 is 37.3 Å². The van der Waals surface area contributed by atoms with Crippen LogP contribution in [0.15, 0.2) is 47.6 Å². The minimum Gasteiger partial charge on any atom is -0.493 e. The summed E-state index contributed by atoms with van der Waals surface area (Å²) in [6.45, 7) is 3.74. The van der Waals surface area contributed by atoms with Crippen molar-refractivity contribution in [1.82, 2.24) is 0 Å². The normalized spacial score (nSPS) is 21.7. The van der Waals surface area contributed by atoms with E-state index in [0.29, 0.717) is 24.0 Å². The van der Waals surface area contributed by atoms with Gasteiger partial charge in [0.15, 0.2) is 11.5 Å². The largest absolute Gasteiger partial charge is 0.493 e. The van der Waals surface area contributed by atoms with Crippen LogP contribution in [0.1, 0.15) is 13.3 Å². The molecular weight excluding hydrogens is 467 g/mol. The van der Waals surface area contributed by atoms with E-state index in [4.69, 9.17) is 14.2 Å². The third kappa shape index (κ3) is 4.67. The number of alkyl halides is 3. The van der Waals surface area contributed by atoms with Gasteiger partial charge in [0.25, 0.3) is 0 Å². The van der Waals surface area contributed by atoms with Gasteiger partial charge in [0.05, 0.1) is 24.8 Å². The van der Waals surface area contributed by atoms with Gasteiger partial charge in [-0.2, -0.15) is 18.3 Å². The summed E-state index contributed by atoms with van der Waals surface area (Å²) < 4.78 is 56.7. The molecule has 0 radical (unpaired) electrons. The second-order valence-electron chi connectivity index (χ2n) is 8.89. The third-order valence-electron chi connectivity index (χ3n) is 6.48. The van der Waals surface area contributed by atoms with Crippen LogP contribution in [0.4, 0.5) is 24.5 Å². The zero-order chi connectivity index (χ0) is 24.7. The average molecular weight is 491 g/mol. The Morgan fingerprint density at radius 1 is 1.11 bits per heavy atom. The fourth-order valence-corrected chi connectivity index (χ4v) is 4.56. The molecule has 186 valence electrons. The maximum absolute atomic E-state index is 13.3. The summed E-state index contributed by atoms with van der Waals surface area (Å²) in [4.78, 5) is 13.5. The Morgan fingerprint density at radius 3 is 2.49 bits per heavy atom. The van der Waals surface area contributed by atoms with Crippen molar-refractivity contribution in [3.63, 3.8) is 0 Å². The smallest absolute Gasteiger partial charge is 0.431 e. The molecule has 3 aliphatic heterocycles. The summed E-state index contributed by atoms with van der Waals surface area (Å²) in [6, 6.07) is 11.4. The number of hydrogen-bond acceptors (Lipinski definition) is 7. The lowest BCUT2D eigenvalue weighted by atomic mass is 9.94. The number of ether oxygens (including phenoxy) is 3. The number of rotatable bonds is 7. The second kappa shape index (κ2) is 8.86. The summed E-state index contributed by atoms with van der Waals surface area (Å²) in [6.07, 6.45) is -5.07. The SMILES string of the molecule is C[C@@H]1C(C(F)(F)F)=NN(c2ccc(OCC3CN(c4ccc5c(c4)OCO5)C3)cc2)[C@H]1CC(=O)O. The van der Waals surface area contributed by atoms with Crippen LogP contribution in [0.3, 0.4) is 0 Å². The third-order valence-corrected chi connectivity index (χ3v) is 6.48. The molecule has 0 amide bonds. The predicted octanol–water partition coefficient (Wildman–Crippen LogP) is 4.15. The summed E-state index contributed by atoms with van der Waals surface area (Å²) >= 11 is 0. The molecule has 3 heterocycles.